The molecule has 0 saturated carbocycles. The molecule has 0 heterocycles. The minimum atomic E-state index is -0.505. The Labute approximate surface area is 222 Å². The Morgan fingerprint density at radius 2 is 0.757 bits per heavy atom. The second-order valence-electron chi connectivity index (χ2n) is 8.52. The number of carbonyl (C=O) groups excluding carboxylic acids is 1. The van der Waals surface area contributed by atoms with Crippen molar-refractivity contribution in [1.82, 2.24) is 5.32 Å². The Kier molecular flexibility index (Phi) is 27.1. The first kappa shape index (κ1) is 35.9. The number of hydrogen-bond acceptors (Lipinski definition) is 11. The molecule has 222 valence electrons. The van der Waals surface area contributed by atoms with Gasteiger partial charge in [0.1, 0.15) is 5.60 Å². The van der Waals surface area contributed by atoms with Crippen molar-refractivity contribution in [3.05, 3.63) is 0 Å². The van der Waals surface area contributed by atoms with Gasteiger partial charge in [-0.3, -0.25) is 0 Å². The quantitative estimate of drug-likeness (QED) is 0.146. The van der Waals surface area contributed by atoms with Crippen LogP contribution in [0.3, 0.4) is 0 Å². The maximum absolute atomic E-state index is 11.5. The van der Waals surface area contributed by atoms with E-state index >= 15 is 0 Å². The van der Waals surface area contributed by atoms with Crippen molar-refractivity contribution in [3.8, 4) is 0 Å². The van der Waals surface area contributed by atoms with Gasteiger partial charge in [0.05, 0.1) is 112 Å². The molecule has 0 atom stereocenters. The SMILES string of the molecule is CCOCCOCCOCCOCCOCCOCCOCCOCCOCCNC(=O)OC(C)(C)C. The number of alkyl carbamates (subject to hydrolysis) is 1. The lowest BCUT2D eigenvalue weighted by atomic mass is 10.2. The van der Waals surface area contributed by atoms with Gasteiger partial charge in [-0.1, -0.05) is 0 Å². The lowest BCUT2D eigenvalue weighted by Crippen LogP contribution is -2.34. The average molecular weight is 542 g/mol. The highest BCUT2D eigenvalue weighted by atomic mass is 16.6. The molecule has 0 saturated heterocycles. The number of amides is 1. The lowest BCUT2D eigenvalue weighted by molar-refractivity contribution is -0.0247. The molecule has 0 bridgehead atoms. The number of nitrogens with one attached hydrogen (secondary N) is 1. The molecular formula is C25H51NO11. The molecule has 12 nitrogen and oxygen atoms in total. The van der Waals surface area contributed by atoms with Crippen molar-refractivity contribution in [2.45, 2.75) is 33.3 Å². The van der Waals surface area contributed by atoms with Crippen molar-refractivity contribution >= 4 is 6.09 Å². The molecule has 0 aliphatic heterocycles. The topological polar surface area (TPSA) is 121 Å². The Balaban J connectivity index is 3.09. The highest BCUT2D eigenvalue weighted by molar-refractivity contribution is 5.67. The minimum Gasteiger partial charge on any atom is -0.444 e. The Hall–Kier alpha value is -1.09. The Morgan fingerprint density at radius 1 is 0.486 bits per heavy atom. The maximum Gasteiger partial charge on any atom is 0.407 e. The predicted molar refractivity (Wildman–Crippen MR) is 137 cm³/mol. The molecule has 0 rings (SSSR count). The van der Waals surface area contributed by atoms with Gasteiger partial charge in [0.2, 0.25) is 0 Å². The van der Waals surface area contributed by atoms with Crippen LogP contribution in [-0.2, 0) is 47.4 Å². The van der Waals surface area contributed by atoms with Gasteiger partial charge in [0.15, 0.2) is 0 Å². The summed E-state index contributed by atoms with van der Waals surface area (Å²) in [5.74, 6) is 0. The fraction of sp³-hybridized carbons (Fsp3) is 0.960. The molecule has 0 aromatic heterocycles. The summed E-state index contributed by atoms with van der Waals surface area (Å²) in [4.78, 5) is 11.5. The van der Waals surface area contributed by atoms with Gasteiger partial charge in [0, 0.05) is 13.2 Å². The van der Waals surface area contributed by atoms with Gasteiger partial charge < -0.3 is 52.7 Å². The first-order chi connectivity index (χ1) is 18.0. The fourth-order valence-electron chi connectivity index (χ4n) is 2.44. The van der Waals surface area contributed by atoms with Crippen LogP contribution in [-0.4, -0.2) is 137 Å². The molecule has 0 fully saturated rings. The number of ether oxygens (including phenoxy) is 10. The van der Waals surface area contributed by atoms with Gasteiger partial charge in [-0.15, -0.1) is 0 Å². The van der Waals surface area contributed by atoms with Gasteiger partial charge in [-0.2, -0.15) is 0 Å². The Bertz CT molecular complexity index is 478. The Morgan fingerprint density at radius 3 is 1.03 bits per heavy atom. The van der Waals surface area contributed by atoms with Gasteiger partial charge >= 0.3 is 6.09 Å². The highest BCUT2D eigenvalue weighted by Crippen LogP contribution is 2.06. The molecule has 37 heavy (non-hydrogen) atoms. The largest absolute Gasteiger partial charge is 0.444 e. The van der Waals surface area contributed by atoms with E-state index in [0.29, 0.717) is 125 Å². The smallest absolute Gasteiger partial charge is 0.407 e. The molecule has 0 unspecified atom stereocenters. The molecule has 12 heteroatoms. The van der Waals surface area contributed by atoms with Gasteiger partial charge in [-0.05, 0) is 27.7 Å². The summed E-state index contributed by atoms with van der Waals surface area (Å²) in [5, 5.41) is 2.63. The predicted octanol–water partition coefficient (Wildman–Crippen LogP) is 1.68. The first-order valence-corrected chi connectivity index (χ1v) is 13.1. The number of hydrogen-bond donors (Lipinski definition) is 1. The molecule has 0 radical (unpaired) electrons. The van der Waals surface area contributed by atoms with Crippen LogP contribution < -0.4 is 5.32 Å². The maximum atomic E-state index is 11.5. The first-order valence-electron chi connectivity index (χ1n) is 13.1. The molecule has 0 aliphatic carbocycles. The van der Waals surface area contributed by atoms with E-state index in [1.54, 1.807) is 0 Å². The summed E-state index contributed by atoms with van der Waals surface area (Å²) in [5.41, 5.74) is -0.505. The highest BCUT2D eigenvalue weighted by Gasteiger charge is 2.15. The molecular weight excluding hydrogens is 490 g/mol. The summed E-state index contributed by atoms with van der Waals surface area (Å²) in [7, 11) is 0. The summed E-state index contributed by atoms with van der Waals surface area (Å²) in [6.07, 6.45) is -0.449. The second-order valence-corrected chi connectivity index (χ2v) is 8.52. The molecule has 0 aromatic rings. The van der Waals surface area contributed by atoms with Crippen molar-refractivity contribution < 1.29 is 52.2 Å². The summed E-state index contributed by atoms with van der Waals surface area (Å²) >= 11 is 0. The molecule has 0 aliphatic rings. The van der Waals surface area contributed by atoms with E-state index < -0.39 is 11.7 Å². The summed E-state index contributed by atoms with van der Waals surface area (Å²) < 4.78 is 53.6. The van der Waals surface area contributed by atoms with Crippen LogP contribution in [0, 0.1) is 0 Å². The lowest BCUT2D eigenvalue weighted by Gasteiger charge is -2.19. The third-order valence-corrected chi connectivity index (χ3v) is 4.09. The van der Waals surface area contributed by atoms with Crippen LogP contribution in [0.4, 0.5) is 4.79 Å². The average Bonchev–Trinajstić information content (AvgIpc) is 2.84. The normalized spacial score (nSPS) is 11.7. The fourth-order valence-corrected chi connectivity index (χ4v) is 2.44. The van der Waals surface area contributed by atoms with Gasteiger partial charge in [0.25, 0.3) is 0 Å². The molecule has 0 aromatic carbocycles. The van der Waals surface area contributed by atoms with Gasteiger partial charge in [-0.25, -0.2) is 4.79 Å². The molecule has 0 spiro atoms. The van der Waals surface area contributed by atoms with E-state index in [2.05, 4.69) is 5.32 Å². The van der Waals surface area contributed by atoms with Crippen LogP contribution >= 0.6 is 0 Å². The van der Waals surface area contributed by atoms with E-state index in [1.165, 1.54) is 0 Å². The molecule has 1 N–H and O–H groups in total. The van der Waals surface area contributed by atoms with Crippen LogP contribution in [0.1, 0.15) is 27.7 Å². The van der Waals surface area contributed by atoms with Crippen LogP contribution in [0.5, 0.6) is 0 Å². The van der Waals surface area contributed by atoms with E-state index in [1.807, 2.05) is 27.7 Å². The van der Waals surface area contributed by atoms with Crippen LogP contribution in [0.15, 0.2) is 0 Å². The van der Waals surface area contributed by atoms with Crippen molar-refractivity contribution in [2.75, 3.05) is 125 Å². The zero-order chi connectivity index (χ0) is 27.3. The van der Waals surface area contributed by atoms with E-state index in [0.717, 1.165) is 0 Å². The van der Waals surface area contributed by atoms with Crippen molar-refractivity contribution in [1.29, 1.82) is 0 Å². The zero-order valence-corrected chi connectivity index (χ0v) is 23.4. The van der Waals surface area contributed by atoms with E-state index in [4.69, 9.17) is 47.4 Å². The summed E-state index contributed by atoms with van der Waals surface area (Å²) in [6, 6.07) is 0. The second kappa shape index (κ2) is 27.9. The number of rotatable bonds is 28. The van der Waals surface area contributed by atoms with Crippen molar-refractivity contribution in [2.24, 2.45) is 0 Å². The van der Waals surface area contributed by atoms with Crippen LogP contribution in [0.2, 0.25) is 0 Å². The van der Waals surface area contributed by atoms with E-state index in [9.17, 15) is 4.79 Å². The standard InChI is InChI=1S/C25H51NO11/c1-5-28-8-9-30-12-13-32-16-17-34-20-21-36-23-22-35-19-18-33-15-14-31-11-10-29-7-6-26-24(27)37-25(2,3)4/h5-23H2,1-4H3,(H,26,27). The van der Waals surface area contributed by atoms with Crippen molar-refractivity contribution in [3.63, 3.8) is 0 Å². The van der Waals surface area contributed by atoms with Crippen LogP contribution in [0.25, 0.3) is 0 Å². The zero-order valence-electron chi connectivity index (χ0n) is 23.4. The number of carbonyl (C=O) groups is 1. The van der Waals surface area contributed by atoms with E-state index in [-0.39, 0.29) is 0 Å². The molecule has 1 amide bonds. The monoisotopic (exact) mass is 541 g/mol. The third kappa shape index (κ3) is 32.9. The third-order valence-electron chi connectivity index (χ3n) is 4.09. The summed E-state index contributed by atoms with van der Waals surface area (Å²) in [6.45, 7) is 17.2. The minimum absolute atomic E-state index is 0.388.